The quantitative estimate of drug-likeness (QED) is 0.464. The van der Waals surface area contributed by atoms with Gasteiger partial charge in [0.15, 0.2) is 5.96 Å². The first kappa shape index (κ1) is 21.5. The third kappa shape index (κ3) is 7.39. The molecule has 3 N–H and O–H groups in total. The van der Waals surface area contributed by atoms with E-state index in [-0.39, 0.29) is 23.8 Å². The van der Waals surface area contributed by atoms with E-state index in [9.17, 15) is 9.59 Å². The fourth-order valence-corrected chi connectivity index (χ4v) is 3.77. The van der Waals surface area contributed by atoms with Crippen LogP contribution in [0.3, 0.4) is 0 Å². The van der Waals surface area contributed by atoms with Crippen molar-refractivity contribution in [1.29, 1.82) is 0 Å². The van der Waals surface area contributed by atoms with E-state index in [0.29, 0.717) is 25.6 Å². The van der Waals surface area contributed by atoms with Crippen LogP contribution in [0.4, 0.5) is 0 Å². The van der Waals surface area contributed by atoms with Crippen LogP contribution in [0.25, 0.3) is 0 Å². The van der Waals surface area contributed by atoms with Gasteiger partial charge in [0.25, 0.3) is 0 Å². The average Bonchev–Trinajstić information content (AvgIpc) is 3.10. The molecule has 1 saturated carbocycles. The van der Waals surface area contributed by atoms with Gasteiger partial charge >= 0.3 is 0 Å². The molecule has 2 fully saturated rings. The Morgan fingerprint density at radius 2 is 1.81 bits per heavy atom. The lowest BCUT2D eigenvalue weighted by Gasteiger charge is -2.22. The number of nitrogens with one attached hydrogen (secondary N) is 3. The summed E-state index contributed by atoms with van der Waals surface area (Å²) in [6.45, 7) is 8.63. The predicted molar refractivity (Wildman–Crippen MR) is 109 cm³/mol. The van der Waals surface area contributed by atoms with Crippen LogP contribution in [0, 0.1) is 5.92 Å². The lowest BCUT2D eigenvalue weighted by atomic mass is 9.95. The van der Waals surface area contributed by atoms with E-state index < -0.39 is 0 Å². The van der Waals surface area contributed by atoms with E-state index in [2.05, 4.69) is 20.9 Å². The van der Waals surface area contributed by atoms with Crippen molar-refractivity contribution >= 4 is 17.8 Å². The lowest BCUT2D eigenvalue weighted by molar-refractivity contribution is -0.133. The summed E-state index contributed by atoms with van der Waals surface area (Å²) in [5.41, 5.74) is 0. The van der Waals surface area contributed by atoms with E-state index in [0.717, 1.165) is 38.3 Å². The van der Waals surface area contributed by atoms with E-state index in [1.54, 1.807) is 0 Å². The highest BCUT2D eigenvalue weighted by Crippen LogP contribution is 2.17. The molecule has 7 heteroatoms. The predicted octanol–water partition coefficient (Wildman–Crippen LogP) is 1.64. The molecule has 1 atom stereocenters. The number of rotatable bonds is 7. The maximum atomic E-state index is 12.1. The van der Waals surface area contributed by atoms with Gasteiger partial charge < -0.3 is 20.9 Å². The monoisotopic (exact) mass is 379 g/mol. The van der Waals surface area contributed by atoms with Crippen LogP contribution >= 0.6 is 0 Å². The minimum absolute atomic E-state index is 0.0355. The number of carbonyl (C=O) groups is 2. The Labute approximate surface area is 163 Å². The zero-order valence-corrected chi connectivity index (χ0v) is 17.2. The second kappa shape index (κ2) is 11.1. The van der Waals surface area contributed by atoms with Gasteiger partial charge in [-0.25, -0.2) is 0 Å². The molecular weight excluding hydrogens is 342 g/mol. The number of guanidine groups is 1. The van der Waals surface area contributed by atoms with Gasteiger partial charge in [0.1, 0.15) is 0 Å². The zero-order valence-electron chi connectivity index (χ0n) is 17.2. The molecule has 154 valence electrons. The molecule has 0 aromatic rings. The summed E-state index contributed by atoms with van der Waals surface area (Å²) in [4.78, 5) is 30.7. The Morgan fingerprint density at radius 1 is 1.07 bits per heavy atom. The number of carbonyl (C=O) groups excluding carboxylic acids is 2. The van der Waals surface area contributed by atoms with Crippen molar-refractivity contribution in [2.75, 3.05) is 26.2 Å². The van der Waals surface area contributed by atoms with Gasteiger partial charge in [0.2, 0.25) is 11.8 Å². The number of amides is 2. The first-order valence-electron chi connectivity index (χ1n) is 10.6. The first-order valence-corrected chi connectivity index (χ1v) is 10.6. The van der Waals surface area contributed by atoms with Gasteiger partial charge in [-0.3, -0.25) is 14.6 Å². The van der Waals surface area contributed by atoms with Crippen molar-refractivity contribution in [3.63, 3.8) is 0 Å². The highest BCUT2D eigenvalue weighted by atomic mass is 16.2. The zero-order chi connectivity index (χ0) is 19.6. The van der Waals surface area contributed by atoms with Crippen molar-refractivity contribution in [3.8, 4) is 0 Å². The third-order valence-corrected chi connectivity index (χ3v) is 5.26. The standard InChI is InChI=1S/C20H37N5O2/c1-4-21-20(24-17-11-13-25(14-17)19(27)15(2)3)22-12-10-18(26)23-16-8-6-5-7-9-16/h15-17H,4-14H2,1-3H3,(H,23,26)(H2,21,22,24). The summed E-state index contributed by atoms with van der Waals surface area (Å²) < 4.78 is 0. The normalized spacial score (nSPS) is 21.4. The Kier molecular flexibility index (Phi) is 8.88. The summed E-state index contributed by atoms with van der Waals surface area (Å²) in [7, 11) is 0. The van der Waals surface area contributed by atoms with Gasteiger partial charge in [-0.2, -0.15) is 0 Å². The molecule has 0 aromatic carbocycles. The van der Waals surface area contributed by atoms with Gasteiger partial charge in [0, 0.05) is 44.1 Å². The molecule has 2 rings (SSSR count). The van der Waals surface area contributed by atoms with E-state index in [4.69, 9.17) is 0 Å². The van der Waals surface area contributed by atoms with Crippen molar-refractivity contribution < 1.29 is 9.59 Å². The summed E-state index contributed by atoms with van der Waals surface area (Å²) in [5.74, 6) is 1.07. The Balaban J connectivity index is 1.75. The van der Waals surface area contributed by atoms with Crippen LogP contribution in [-0.4, -0.2) is 60.9 Å². The van der Waals surface area contributed by atoms with E-state index >= 15 is 0 Å². The van der Waals surface area contributed by atoms with Gasteiger partial charge in [-0.05, 0) is 26.2 Å². The molecule has 0 bridgehead atoms. The second-order valence-electron chi connectivity index (χ2n) is 7.98. The summed E-state index contributed by atoms with van der Waals surface area (Å²) in [6.07, 6.45) is 7.26. The summed E-state index contributed by atoms with van der Waals surface area (Å²) in [6, 6.07) is 0.561. The summed E-state index contributed by atoms with van der Waals surface area (Å²) in [5, 5.41) is 9.78. The molecule has 2 amide bonds. The lowest BCUT2D eigenvalue weighted by Crippen LogP contribution is -2.45. The number of nitrogens with zero attached hydrogens (tertiary/aromatic N) is 2. The maximum absolute atomic E-state index is 12.1. The molecule has 2 aliphatic rings. The molecule has 7 nitrogen and oxygen atoms in total. The van der Waals surface area contributed by atoms with E-state index in [1.165, 1.54) is 19.3 Å². The van der Waals surface area contributed by atoms with E-state index in [1.807, 2.05) is 25.7 Å². The second-order valence-corrected chi connectivity index (χ2v) is 7.98. The molecule has 1 aliphatic carbocycles. The number of hydrogen-bond donors (Lipinski definition) is 3. The minimum atomic E-state index is 0.0355. The van der Waals surface area contributed by atoms with Crippen LogP contribution in [0.5, 0.6) is 0 Å². The Bertz CT molecular complexity index is 515. The van der Waals surface area contributed by atoms with Crippen LogP contribution in [0.2, 0.25) is 0 Å². The molecular formula is C20H37N5O2. The molecule has 1 aliphatic heterocycles. The Morgan fingerprint density at radius 3 is 2.48 bits per heavy atom. The van der Waals surface area contributed by atoms with Crippen molar-refractivity contribution in [3.05, 3.63) is 0 Å². The highest BCUT2D eigenvalue weighted by Gasteiger charge is 2.28. The van der Waals surface area contributed by atoms with Crippen molar-refractivity contribution in [1.82, 2.24) is 20.9 Å². The largest absolute Gasteiger partial charge is 0.357 e. The molecule has 1 saturated heterocycles. The first-order chi connectivity index (χ1) is 13.0. The number of hydrogen-bond acceptors (Lipinski definition) is 3. The smallest absolute Gasteiger partial charge is 0.225 e. The maximum Gasteiger partial charge on any atom is 0.225 e. The summed E-state index contributed by atoms with van der Waals surface area (Å²) >= 11 is 0. The SMILES string of the molecule is CCNC(=NCCC(=O)NC1CCCCC1)NC1CCN(C(=O)C(C)C)C1. The molecule has 27 heavy (non-hydrogen) atoms. The third-order valence-electron chi connectivity index (χ3n) is 5.26. The number of aliphatic imine (C=N–C) groups is 1. The molecule has 0 spiro atoms. The van der Waals surface area contributed by atoms with Gasteiger partial charge in [0.05, 0.1) is 6.54 Å². The van der Waals surface area contributed by atoms with Crippen LogP contribution < -0.4 is 16.0 Å². The molecule has 1 unspecified atom stereocenters. The fraction of sp³-hybridized carbons (Fsp3) is 0.850. The van der Waals surface area contributed by atoms with Gasteiger partial charge in [-0.15, -0.1) is 0 Å². The molecule has 1 heterocycles. The number of likely N-dealkylation sites (tertiary alicyclic amines) is 1. The highest BCUT2D eigenvalue weighted by molar-refractivity contribution is 5.82. The average molecular weight is 380 g/mol. The van der Waals surface area contributed by atoms with Gasteiger partial charge in [-0.1, -0.05) is 33.1 Å². The topological polar surface area (TPSA) is 85.8 Å². The fourth-order valence-electron chi connectivity index (χ4n) is 3.77. The minimum Gasteiger partial charge on any atom is -0.357 e. The van der Waals surface area contributed by atoms with Crippen molar-refractivity contribution in [2.45, 2.75) is 77.8 Å². The molecule has 0 aromatic heterocycles. The van der Waals surface area contributed by atoms with Crippen LogP contribution in [0.15, 0.2) is 4.99 Å². The molecule has 0 radical (unpaired) electrons. The van der Waals surface area contributed by atoms with Crippen LogP contribution in [-0.2, 0) is 9.59 Å². The van der Waals surface area contributed by atoms with Crippen LogP contribution in [0.1, 0.15) is 65.7 Å². The van der Waals surface area contributed by atoms with Crippen molar-refractivity contribution in [2.24, 2.45) is 10.9 Å². The Hall–Kier alpha value is -1.79.